The Labute approximate surface area is 156 Å². The second-order valence-corrected chi connectivity index (χ2v) is 7.66. The zero-order valence-corrected chi connectivity index (χ0v) is 15.4. The number of thiophene rings is 1. The lowest BCUT2D eigenvalue weighted by Crippen LogP contribution is -2.31. The summed E-state index contributed by atoms with van der Waals surface area (Å²) < 4.78 is 0. The maximum absolute atomic E-state index is 12.3. The van der Waals surface area contributed by atoms with Crippen LogP contribution in [0.2, 0.25) is 5.02 Å². The van der Waals surface area contributed by atoms with Gasteiger partial charge in [0.25, 0.3) is 5.91 Å². The molecule has 25 heavy (non-hydrogen) atoms. The molecular weight excluding hydrogens is 356 g/mol. The molecule has 6 heteroatoms. The van der Waals surface area contributed by atoms with Gasteiger partial charge in [-0.15, -0.1) is 11.3 Å². The number of hydrogen-bond acceptors (Lipinski definition) is 3. The molecule has 0 aliphatic heterocycles. The second kappa shape index (κ2) is 8.50. The van der Waals surface area contributed by atoms with Crippen LogP contribution in [0.15, 0.2) is 41.8 Å². The lowest BCUT2D eigenvalue weighted by atomic mass is 10.0. The summed E-state index contributed by atoms with van der Waals surface area (Å²) in [5.74, 6) is 0.466. The summed E-state index contributed by atoms with van der Waals surface area (Å²) >= 11 is 7.35. The van der Waals surface area contributed by atoms with Crippen molar-refractivity contribution in [1.82, 2.24) is 10.6 Å². The molecule has 0 bridgehead atoms. The van der Waals surface area contributed by atoms with Gasteiger partial charge in [0.2, 0.25) is 5.91 Å². The highest BCUT2D eigenvalue weighted by Gasteiger charge is 2.33. The van der Waals surface area contributed by atoms with Gasteiger partial charge in [-0.2, -0.15) is 0 Å². The number of amides is 2. The summed E-state index contributed by atoms with van der Waals surface area (Å²) in [4.78, 5) is 24.8. The van der Waals surface area contributed by atoms with Crippen molar-refractivity contribution in [3.63, 3.8) is 0 Å². The third kappa shape index (κ3) is 5.31. The molecule has 3 rings (SSSR count). The molecule has 1 aromatic heterocycles. The highest BCUT2D eigenvalue weighted by Crippen LogP contribution is 2.41. The summed E-state index contributed by atoms with van der Waals surface area (Å²) in [7, 11) is 0. The fourth-order valence-electron chi connectivity index (χ4n) is 2.76. The minimum Gasteiger partial charge on any atom is -0.351 e. The monoisotopic (exact) mass is 376 g/mol. The topological polar surface area (TPSA) is 58.2 Å². The Balaban J connectivity index is 1.43. The number of carbonyl (C=O) groups is 2. The van der Waals surface area contributed by atoms with E-state index in [0.717, 1.165) is 18.4 Å². The van der Waals surface area contributed by atoms with Crippen molar-refractivity contribution in [2.24, 2.45) is 5.92 Å². The van der Waals surface area contributed by atoms with E-state index in [1.165, 1.54) is 11.3 Å². The first-order valence-electron chi connectivity index (χ1n) is 8.50. The van der Waals surface area contributed by atoms with E-state index in [-0.39, 0.29) is 17.9 Å². The molecule has 1 aliphatic carbocycles. The fraction of sp³-hybridized carbons (Fsp3) is 0.368. The summed E-state index contributed by atoms with van der Waals surface area (Å²) in [6.07, 6.45) is 3.32. The van der Waals surface area contributed by atoms with Gasteiger partial charge in [-0.05, 0) is 54.3 Å². The number of nitrogens with one attached hydrogen (secondary N) is 2. The van der Waals surface area contributed by atoms with Crippen molar-refractivity contribution in [2.45, 2.75) is 31.7 Å². The summed E-state index contributed by atoms with van der Waals surface area (Å²) in [6.45, 7) is 0.499. The lowest BCUT2D eigenvalue weighted by Gasteiger charge is -2.19. The van der Waals surface area contributed by atoms with E-state index in [2.05, 4.69) is 10.6 Å². The van der Waals surface area contributed by atoms with Gasteiger partial charge in [0.1, 0.15) is 0 Å². The minimum atomic E-state index is -0.0765. The number of carbonyl (C=O) groups excluding carboxylic acids is 2. The van der Waals surface area contributed by atoms with Crippen LogP contribution in [-0.2, 0) is 4.79 Å². The second-order valence-electron chi connectivity index (χ2n) is 6.27. The van der Waals surface area contributed by atoms with Gasteiger partial charge in [-0.1, -0.05) is 29.8 Å². The predicted octanol–water partition coefficient (Wildman–Crippen LogP) is 4.18. The molecule has 1 unspecified atom stereocenters. The molecule has 2 N–H and O–H groups in total. The number of benzene rings is 1. The van der Waals surface area contributed by atoms with Crippen molar-refractivity contribution in [2.75, 3.05) is 6.54 Å². The molecule has 0 saturated heterocycles. The van der Waals surface area contributed by atoms with Gasteiger partial charge >= 0.3 is 0 Å². The summed E-state index contributed by atoms with van der Waals surface area (Å²) in [6, 6.07) is 11.4. The van der Waals surface area contributed by atoms with Gasteiger partial charge in [-0.3, -0.25) is 9.59 Å². The van der Waals surface area contributed by atoms with Gasteiger partial charge in [0.15, 0.2) is 0 Å². The molecular formula is C19H21ClN2O2S. The molecule has 132 valence electrons. The number of rotatable bonds is 8. The average molecular weight is 377 g/mol. The number of hydrogen-bond donors (Lipinski definition) is 2. The van der Waals surface area contributed by atoms with E-state index in [4.69, 9.17) is 11.6 Å². The van der Waals surface area contributed by atoms with Crippen LogP contribution >= 0.6 is 22.9 Å². The van der Waals surface area contributed by atoms with Crippen molar-refractivity contribution in [1.29, 1.82) is 0 Å². The highest BCUT2D eigenvalue weighted by atomic mass is 35.5. The third-order valence-corrected chi connectivity index (χ3v) is 5.37. The predicted molar refractivity (Wildman–Crippen MR) is 101 cm³/mol. The zero-order valence-electron chi connectivity index (χ0n) is 13.8. The average Bonchev–Trinajstić information content (AvgIpc) is 3.30. The highest BCUT2D eigenvalue weighted by molar-refractivity contribution is 7.12. The molecule has 1 aromatic carbocycles. The maximum atomic E-state index is 12.3. The Kier molecular flexibility index (Phi) is 6.10. The molecule has 2 aromatic rings. The zero-order chi connectivity index (χ0) is 17.6. The van der Waals surface area contributed by atoms with Crippen molar-refractivity contribution >= 4 is 34.8 Å². The molecule has 2 amide bonds. The van der Waals surface area contributed by atoms with Crippen molar-refractivity contribution < 1.29 is 9.59 Å². The Morgan fingerprint density at radius 2 is 1.96 bits per heavy atom. The molecule has 0 radical (unpaired) electrons. The molecule has 1 saturated carbocycles. The largest absolute Gasteiger partial charge is 0.351 e. The van der Waals surface area contributed by atoms with Crippen LogP contribution in [0, 0.1) is 5.92 Å². The van der Waals surface area contributed by atoms with Crippen LogP contribution in [0.25, 0.3) is 0 Å². The van der Waals surface area contributed by atoms with Crippen LogP contribution in [-0.4, -0.2) is 18.4 Å². The first-order chi connectivity index (χ1) is 12.1. The van der Waals surface area contributed by atoms with Crippen LogP contribution in [0.1, 0.15) is 47.0 Å². The third-order valence-electron chi connectivity index (χ3n) is 4.25. The summed E-state index contributed by atoms with van der Waals surface area (Å²) in [5.41, 5.74) is 1.10. The van der Waals surface area contributed by atoms with Crippen LogP contribution < -0.4 is 10.6 Å². The molecule has 4 nitrogen and oxygen atoms in total. The van der Waals surface area contributed by atoms with E-state index in [9.17, 15) is 9.59 Å². The Hall–Kier alpha value is -1.85. The van der Waals surface area contributed by atoms with E-state index in [1.54, 1.807) is 6.07 Å². The quantitative estimate of drug-likeness (QED) is 0.679. The summed E-state index contributed by atoms with van der Waals surface area (Å²) in [5, 5.41) is 8.55. The molecule has 1 atom stereocenters. The normalized spacial score (nSPS) is 14.8. The van der Waals surface area contributed by atoms with Gasteiger partial charge in [0.05, 0.1) is 10.9 Å². The van der Waals surface area contributed by atoms with Crippen molar-refractivity contribution in [3.05, 3.63) is 57.2 Å². The van der Waals surface area contributed by atoms with Crippen LogP contribution in [0.4, 0.5) is 0 Å². The first-order valence-corrected chi connectivity index (χ1v) is 9.76. The standard InChI is InChI=1S/C19H21ClN2O2S/c20-15-9-7-14(8-10-15)18(13-5-6-13)22-17(23)4-1-11-21-19(24)16-3-2-12-25-16/h2-3,7-10,12-13,18H,1,4-6,11H2,(H,21,24)(H,22,23). The molecule has 0 spiro atoms. The fourth-order valence-corrected chi connectivity index (χ4v) is 3.53. The van der Waals surface area contributed by atoms with Crippen LogP contribution in [0.3, 0.4) is 0 Å². The SMILES string of the molecule is O=C(CCCNC(=O)c1cccs1)NC(c1ccc(Cl)cc1)C1CC1. The molecule has 1 heterocycles. The Morgan fingerprint density at radius 1 is 1.20 bits per heavy atom. The molecule has 1 fully saturated rings. The Morgan fingerprint density at radius 3 is 2.60 bits per heavy atom. The van der Waals surface area contributed by atoms with E-state index >= 15 is 0 Å². The minimum absolute atomic E-state index is 0.0252. The first kappa shape index (κ1) is 18.0. The van der Waals surface area contributed by atoms with E-state index < -0.39 is 0 Å². The van der Waals surface area contributed by atoms with Gasteiger partial charge < -0.3 is 10.6 Å². The van der Waals surface area contributed by atoms with Crippen molar-refractivity contribution in [3.8, 4) is 0 Å². The molecule has 1 aliphatic rings. The number of halogens is 1. The van der Waals surface area contributed by atoms with Gasteiger partial charge in [-0.25, -0.2) is 0 Å². The Bertz CT molecular complexity index is 712. The van der Waals surface area contributed by atoms with Gasteiger partial charge in [0, 0.05) is 18.0 Å². The smallest absolute Gasteiger partial charge is 0.261 e. The van der Waals surface area contributed by atoms with E-state index in [0.29, 0.717) is 35.2 Å². The maximum Gasteiger partial charge on any atom is 0.261 e. The van der Waals surface area contributed by atoms with Crippen LogP contribution in [0.5, 0.6) is 0 Å². The lowest BCUT2D eigenvalue weighted by molar-refractivity contribution is -0.122. The van der Waals surface area contributed by atoms with E-state index in [1.807, 2.05) is 35.7 Å².